The highest BCUT2D eigenvalue weighted by molar-refractivity contribution is 8.04. The van der Waals surface area contributed by atoms with Crippen molar-refractivity contribution in [3.05, 3.63) is 65.1 Å². The van der Waals surface area contributed by atoms with E-state index in [-0.39, 0.29) is 12.5 Å². The van der Waals surface area contributed by atoms with E-state index in [1.807, 2.05) is 18.2 Å². The van der Waals surface area contributed by atoms with Gasteiger partial charge in [-0.25, -0.2) is 4.90 Å². The summed E-state index contributed by atoms with van der Waals surface area (Å²) >= 11 is 1.19. The smallest absolute Gasteiger partial charge is 0.272 e. The topological polar surface area (TPSA) is 66.8 Å². The van der Waals surface area contributed by atoms with Crippen LogP contribution in [0.2, 0.25) is 0 Å². The number of hydrogen-bond donors (Lipinski definition) is 1. The lowest BCUT2D eigenvalue weighted by molar-refractivity contribution is -0.119. The Morgan fingerprint density at radius 3 is 2.36 bits per heavy atom. The van der Waals surface area contributed by atoms with E-state index < -0.39 is 5.91 Å². The van der Waals surface area contributed by atoms with Crippen molar-refractivity contribution in [2.24, 2.45) is 0 Å². The number of hydrogen-bond acceptors (Lipinski definition) is 5. The van der Waals surface area contributed by atoms with Crippen molar-refractivity contribution in [1.29, 1.82) is 0 Å². The van der Waals surface area contributed by atoms with E-state index >= 15 is 0 Å². The molecule has 2 aromatic carbocycles. The molecule has 5 nitrogen and oxygen atoms in total. The van der Waals surface area contributed by atoms with Crippen molar-refractivity contribution in [3.63, 3.8) is 0 Å². The van der Waals surface area contributed by atoms with Gasteiger partial charge in [0.25, 0.3) is 11.8 Å². The predicted octanol–water partition coefficient (Wildman–Crippen LogP) is 2.71. The highest BCUT2D eigenvalue weighted by Gasteiger charge is 2.41. The van der Waals surface area contributed by atoms with Gasteiger partial charge in [0.15, 0.2) is 0 Å². The summed E-state index contributed by atoms with van der Waals surface area (Å²) in [6, 6.07) is 16.0. The van der Waals surface area contributed by atoms with Crippen LogP contribution in [0.4, 0.5) is 5.69 Å². The summed E-state index contributed by atoms with van der Waals surface area (Å²) in [5.41, 5.74) is 1.45. The van der Waals surface area contributed by atoms with E-state index in [0.717, 1.165) is 4.90 Å². The molecule has 6 heteroatoms. The van der Waals surface area contributed by atoms with Gasteiger partial charge in [0.1, 0.15) is 5.75 Å². The number of anilines is 1. The van der Waals surface area contributed by atoms with Gasteiger partial charge in [-0.15, -0.1) is 11.8 Å². The molecule has 0 saturated heterocycles. The minimum atomic E-state index is -0.396. The summed E-state index contributed by atoms with van der Waals surface area (Å²) in [6.45, 7) is -0.0770. The Kier molecular flexibility index (Phi) is 5.21. The molecule has 2 amide bonds. The molecular weight excluding hydrogens is 338 g/mol. The number of nitrogens with zero attached hydrogens (tertiary/aromatic N) is 1. The fraction of sp³-hybridized carbons (Fsp3) is 0.158. The average molecular weight is 355 g/mol. The molecular formula is C19H17NO4S. The van der Waals surface area contributed by atoms with Crippen molar-refractivity contribution < 1.29 is 19.4 Å². The molecule has 1 N–H and O–H groups in total. The Bertz CT molecular complexity index is 832. The molecule has 2 aromatic rings. The molecule has 0 saturated carbocycles. The van der Waals surface area contributed by atoms with Crippen LogP contribution in [0, 0.1) is 0 Å². The zero-order valence-corrected chi connectivity index (χ0v) is 14.5. The number of rotatable bonds is 6. The number of amides is 2. The standard InChI is InChI=1S/C19H17NO4S/c1-24-15-10-6-5-9-14(15)20-18(22)16(13-7-3-2-4-8-13)17(19(20)23)25-12-11-21/h2-10,21H,11-12H2,1H3. The van der Waals surface area contributed by atoms with Crippen molar-refractivity contribution in [2.75, 3.05) is 24.4 Å². The molecule has 0 bridgehead atoms. The maximum absolute atomic E-state index is 13.1. The zero-order chi connectivity index (χ0) is 17.8. The largest absolute Gasteiger partial charge is 0.495 e. The number of carbonyl (C=O) groups excluding carboxylic acids is 2. The Labute approximate surface area is 149 Å². The van der Waals surface area contributed by atoms with Crippen LogP contribution in [-0.4, -0.2) is 36.4 Å². The van der Waals surface area contributed by atoms with Crippen molar-refractivity contribution >= 4 is 34.8 Å². The van der Waals surface area contributed by atoms with E-state index in [1.165, 1.54) is 18.9 Å². The van der Waals surface area contributed by atoms with Crippen LogP contribution in [0.3, 0.4) is 0 Å². The first-order chi connectivity index (χ1) is 12.2. The van der Waals surface area contributed by atoms with Crippen LogP contribution < -0.4 is 9.64 Å². The van der Waals surface area contributed by atoms with E-state index in [2.05, 4.69) is 0 Å². The second-order valence-corrected chi connectivity index (χ2v) is 6.36. The molecule has 0 fully saturated rings. The maximum Gasteiger partial charge on any atom is 0.272 e. The third-order valence-electron chi connectivity index (χ3n) is 3.77. The molecule has 0 aliphatic carbocycles. The van der Waals surface area contributed by atoms with Gasteiger partial charge in [-0.05, 0) is 17.7 Å². The lowest BCUT2D eigenvalue weighted by atomic mass is 10.1. The van der Waals surface area contributed by atoms with Gasteiger partial charge >= 0.3 is 0 Å². The molecule has 0 atom stereocenters. The number of thioether (sulfide) groups is 1. The number of ether oxygens (including phenoxy) is 1. The number of benzene rings is 2. The van der Waals surface area contributed by atoms with Crippen molar-refractivity contribution in [1.82, 2.24) is 0 Å². The summed E-state index contributed by atoms with van der Waals surface area (Å²) in [4.78, 5) is 27.5. The number of carbonyl (C=O) groups is 2. The molecule has 1 heterocycles. The van der Waals surface area contributed by atoms with E-state index in [1.54, 1.807) is 36.4 Å². The zero-order valence-electron chi connectivity index (χ0n) is 13.6. The second-order valence-electron chi connectivity index (χ2n) is 5.26. The fourth-order valence-electron chi connectivity index (χ4n) is 2.68. The highest BCUT2D eigenvalue weighted by Crippen LogP contribution is 2.40. The van der Waals surface area contributed by atoms with Gasteiger partial charge in [-0.1, -0.05) is 42.5 Å². The van der Waals surface area contributed by atoms with Gasteiger partial charge in [-0.2, -0.15) is 0 Å². The Morgan fingerprint density at radius 1 is 1.00 bits per heavy atom. The molecule has 25 heavy (non-hydrogen) atoms. The predicted molar refractivity (Wildman–Crippen MR) is 98.4 cm³/mol. The van der Waals surface area contributed by atoms with Crippen LogP contribution in [0.25, 0.3) is 5.57 Å². The molecule has 3 rings (SSSR count). The molecule has 0 unspecified atom stereocenters. The first-order valence-electron chi connectivity index (χ1n) is 7.74. The Balaban J connectivity index is 2.09. The second kappa shape index (κ2) is 7.55. The van der Waals surface area contributed by atoms with Gasteiger partial charge in [0.2, 0.25) is 0 Å². The lowest BCUT2D eigenvalue weighted by Crippen LogP contribution is -2.31. The highest BCUT2D eigenvalue weighted by atomic mass is 32.2. The normalized spacial score (nSPS) is 14.4. The van der Waals surface area contributed by atoms with Crippen LogP contribution in [0.5, 0.6) is 5.75 Å². The van der Waals surface area contributed by atoms with Gasteiger partial charge in [0, 0.05) is 5.75 Å². The summed E-state index contributed by atoms with van der Waals surface area (Å²) in [6.07, 6.45) is 0. The number of aliphatic hydroxyl groups excluding tert-OH is 1. The van der Waals surface area contributed by atoms with Crippen molar-refractivity contribution in [3.8, 4) is 5.75 Å². The summed E-state index contributed by atoms with van der Waals surface area (Å²) in [5.74, 6) is 0.00253. The van der Waals surface area contributed by atoms with Gasteiger partial charge < -0.3 is 9.84 Å². The number of imide groups is 1. The molecule has 0 aromatic heterocycles. The number of methoxy groups -OCH3 is 1. The molecule has 1 aliphatic heterocycles. The van der Waals surface area contributed by atoms with Gasteiger partial charge in [-0.3, -0.25) is 9.59 Å². The van der Waals surface area contributed by atoms with Gasteiger partial charge in [0.05, 0.1) is 29.9 Å². The minimum Gasteiger partial charge on any atom is -0.495 e. The van der Waals surface area contributed by atoms with E-state index in [9.17, 15) is 9.59 Å². The third-order valence-corrected chi connectivity index (χ3v) is 4.82. The molecule has 128 valence electrons. The summed E-state index contributed by atoms with van der Waals surface area (Å²) in [5, 5.41) is 9.13. The molecule has 1 aliphatic rings. The molecule has 0 radical (unpaired) electrons. The third kappa shape index (κ3) is 3.18. The Hall–Kier alpha value is -2.57. The van der Waals surface area contributed by atoms with Crippen molar-refractivity contribution in [2.45, 2.75) is 0 Å². The quantitative estimate of drug-likeness (QED) is 0.807. The number of para-hydroxylation sites is 2. The molecule has 0 spiro atoms. The SMILES string of the molecule is COc1ccccc1N1C(=O)C(SCCO)=C(c2ccccc2)C1=O. The first kappa shape index (κ1) is 17.3. The number of aliphatic hydroxyl groups is 1. The van der Waals surface area contributed by atoms with E-state index in [0.29, 0.717) is 33.2 Å². The minimum absolute atomic E-state index is 0.0770. The van der Waals surface area contributed by atoms with Crippen LogP contribution >= 0.6 is 11.8 Å². The van der Waals surface area contributed by atoms with E-state index in [4.69, 9.17) is 9.84 Å². The summed E-state index contributed by atoms with van der Waals surface area (Å²) in [7, 11) is 1.50. The monoisotopic (exact) mass is 355 g/mol. The first-order valence-corrected chi connectivity index (χ1v) is 8.72. The average Bonchev–Trinajstić information content (AvgIpc) is 2.90. The maximum atomic E-state index is 13.1. The van der Waals surface area contributed by atoms with Crippen LogP contribution in [0.15, 0.2) is 59.5 Å². The van der Waals surface area contributed by atoms with Crippen LogP contribution in [0.1, 0.15) is 5.56 Å². The Morgan fingerprint density at radius 2 is 1.68 bits per heavy atom. The summed E-state index contributed by atoms with van der Waals surface area (Å²) < 4.78 is 5.30. The fourth-order valence-corrected chi connectivity index (χ4v) is 3.54. The van der Waals surface area contributed by atoms with Crippen LogP contribution in [-0.2, 0) is 9.59 Å². The lowest BCUT2D eigenvalue weighted by Gasteiger charge is -2.18.